The lowest BCUT2D eigenvalue weighted by molar-refractivity contribution is -0.141. The summed E-state index contributed by atoms with van der Waals surface area (Å²) in [7, 11) is 0. The molecular formula is C14H14BrN3O3. The van der Waals surface area contributed by atoms with E-state index in [9.17, 15) is 9.59 Å². The van der Waals surface area contributed by atoms with E-state index in [1.54, 1.807) is 18.2 Å². The highest BCUT2D eigenvalue weighted by atomic mass is 79.9. The summed E-state index contributed by atoms with van der Waals surface area (Å²) in [4.78, 5) is 22.8. The van der Waals surface area contributed by atoms with E-state index in [4.69, 9.17) is 10.4 Å². The Hall–Kier alpha value is -2.07. The lowest BCUT2D eigenvalue weighted by Crippen LogP contribution is -2.36. The van der Waals surface area contributed by atoms with Gasteiger partial charge < -0.3 is 15.7 Å². The molecule has 7 heteroatoms. The minimum atomic E-state index is -0.811. The van der Waals surface area contributed by atoms with Crippen LogP contribution in [0.1, 0.15) is 24.8 Å². The van der Waals surface area contributed by atoms with Gasteiger partial charge in [-0.1, -0.05) is 0 Å². The van der Waals surface area contributed by atoms with Crippen LogP contribution < -0.4 is 10.6 Å². The summed E-state index contributed by atoms with van der Waals surface area (Å²) in [6, 6.07) is 6.37. The fourth-order valence-corrected chi connectivity index (χ4v) is 2.84. The van der Waals surface area contributed by atoms with Crippen molar-refractivity contribution in [2.24, 2.45) is 5.92 Å². The zero-order chi connectivity index (χ0) is 15.4. The Kier molecular flexibility index (Phi) is 4.81. The molecule has 0 radical (unpaired) electrons. The van der Waals surface area contributed by atoms with Crippen LogP contribution in [-0.4, -0.2) is 23.1 Å². The number of aliphatic carboxylic acids is 1. The number of anilines is 1. The quantitative estimate of drug-likeness (QED) is 0.778. The van der Waals surface area contributed by atoms with Crippen molar-refractivity contribution in [3.05, 3.63) is 28.2 Å². The number of nitriles is 1. The zero-order valence-corrected chi connectivity index (χ0v) is 12.7. The number of carboxylic acid groups (broad SMARTS) is 1. The van der Waals surface area contributed by atoms with Crippen molar-refractivity contribution < 1.29 is 14.7 Å². The molecule has 2 amide bonds. The number of carboxylic acids is 1. The minimum absolute atomic E-state index is 0.122. The number of urea groups is 1. The minimum Gasteiger partial charge on any atom is -0.481 e. The molecule has 0 aliphatic heterocycles. The van der Waals surface area contributed by atoms with E-state index in [0.29, 0.717) is 35.0 Å². The predicted octanol–water partition coefficient (Wildman–Crippen LogP) is 2.70. The molecule has 0 heterocycles. The molecular weight excluding hydrogens is 338 g/mol. The number of nitrogens with one attached hydrogen (secondary N) is 2. The molecule has 0 bridgehead atoms. The summed E-state index contributed by atoms with van der Waals surface area (Å²) in [5.41, 5.74) is 1.05. The standard InChI is InChI=1S/C14H14BrN3O3/c15-11-5-8(7-16)1-4-12(11)18-14(21)17-10-3-2-9(6-10)13(19)20/h1,4-5,9-10H,2-3,6H2,(H,19,20)(H2,17,18,21). The highest BCUT2D eigenvalue weighted by molar-refractivity contribution is 9.10. The van der Waals surface area contributed by atoms with Gasteiger partial charge in [0.05, 0.1) is 23.2 Å². The van der Waals surface area contributed by atoms with Crippen LogP contribution in [0, 0.1) is 17.2 Å². The van der Waals surface area contributed by atoms with Gasteiger partial charge in [0.2, 0.25) is 0 Å². The zero-order valence-electron chi connectivity index (χ0n) is 11.1. The van der Waals surface area contributed by atoms with Crippen LogP contribution in [0.3, 0.4) is 0 Å². The average Bonchev–Trinajstić information content (AvgIpc) is 2.89. The Morgan fingerprint density at radius 1 is 1.38 bits per heavy atom. The summed E-state index contributed by atoms with van der Waals surface area (Å²) in [5.74, 6) is -1.19. The second kappa shape index (κ2) is 6.59. The van der Waals surface area contributed by atoms with Gasteiger partial charge in [-0.25, -0.2) is 4.79 Å². The first-order valence-electron chi connectivity index (χ1n) is 6.49. The lowest BCUT2D eigenvalue weighted by Gasteiger charge is -2.14. The maximum Gasteiger partial charge on any atom is 0.319 e. The van der Waals surface area contributed by atoms with Crippen LogP contribution in [0.25, 0.3) is 0 Å². The molecule has 110 valence electrons. The van der Waals surface area contributed by atoms with Gasteiger partial charge in [0.15, 0.2) is 0 Å². The number of hydrogen-bond donors (Lipinski definition) is 3. The molecule has 21 heavy (non-hydrogen) atoms. The van der Waals surface area contributed by atoms with Gasteiger partial charge in [0.25, 0.3) is 0 Å². The van der Waals surface area contributed by atoms with Crippen molar-refractivity contribution in [2.45, 2.75) is 25.3 Å². The predicted molar refractivity (Wildman–Crippen MR) is 79.8 cm³/mol. The molecule has 1 aromatic rings. The number of rotatable bonds is 3. The smallest absolute Gasteiger partial charge is 0.319 e. The summed E-state index contributed by atoms with van der Waals surface area (Å²) in [6.07, 6.45) is 1.71. The molecule has 2 atom stereocenters. The fraction of sp³-hybridized carbons (Fsp3) is 0.357. The fourth-order valence-electron chi connectivity index (χ4n) is 2.37. The summed E-state index contributed by atoms with van der Waals surface area (Å²) in [6.45, 7) is 0. The molecule has 2 rings (SSSR count). The number of carbonyl (C=O) groups is 2. The number of nitrogens with zero attached hydrogens (tertiary/aromatic N) is 1. The first-order valence-corrected chi connectivity index (χ1v) is 7.29. The highest BCUT2D eigenvalue weighted by Gasteiger charge is 2.30. The Morgan fingerprint density at radius 3 is 2.71 bits per heavy atom. The second-order valence-corrected chi connectivity index (χ2v) is 5.80. The van der Waals surface area contributed by atoms with Crippen molar-refractivity contribution in [3.63, 3.8) is 0 Å². The third-order valence-corrected chi connectivity index (χ3v) is 4.12. The molecule has 0 aromatic heterocycles. The molecule has 1 aliphatic rings. The Labute approximate surface area is 130 Å². The number of hydrogen-bond acceptors (Lipinski definition) is 3. The molecule has 0 spiro atoms. The van der Waals surface area contributed by atoms with Crippen molar-refractivity contribution in [1.82, 2.24) is 5.32 Å². The molecule has 1 aromatic carbocycles. The van der Waals surface area contributed by atoms with Crippen LogP contribution in [0.4, 0.5) is 10.5 Å². The van der Waals surface area contributed by atoms with Crippen LogP contribution in [0.2, 0.25) is 0 Å². The monoisotopic (exact) mass is 351 g/mol. The SMILES string of the molecule is N#Cc1ccc(NC(=O)NC2CCC(C(=O)O)C2)c(Br)c1. The van der Waals surface area contributed by atoms with Crippen LogP contribution >= 0.6 is 15.9 Å². The van der Waals surface area contributed by atoms with Gasteiger partial charge >= 0.3 is 12.0 Å². The molecule has 1 saturated carbocycles. The van der Waals surface area contributed by atoms with E-state index in [2.05, 4.69) is 26.6 Å². The summed E-state index contributed by atoms with van der Waals surface area (Å²) >= 11 is 3.29. The van der Waals surface area contributed by atoms with Gasteiger partial charge in [-0.05, 0) is 53.4 Å². The lowest BCUT2D eigenvalue weighted by atomic mass is 10.1. The van der Waals surface area contributed by atoms with Crippen molar-refractivity contribution in [2.75, 3.05) is 5.32 Å². The summed E-state index contributed by atoms with van der Waals surface area (Å²) in [5, 5.41) is 23.1. The van der Waals surface area contributed by atoms with E-state index in [1.165, 1.54) is 0 Å². The molecule has 6 nitrogen and oxygen atoms in total. The Balaban J connectivity index is 1.91. The van der Waals surface area contributed by atoms with Gasteiger partial charge in [-0.15, -0.1) is 0 Å². The highest BCUT2D eigenvalue weighted by Crippen LogP contribution is 2.26. The van der Waals surface area contributed by atoms with E-state index in [1.807, 2.05) is 6.07 Å². The van der Waals surface area contributed by atoms with Gasteiger partial charge in [-0.3, -0.25) is 4.79 Å². The van der Waals surface area contributed by atoms with Gasteiger partial charge in [0.1, 0.15) is 0 Å². The van der Waals surface area contributed by atoms with Crippen molar-refractivity contribution >= 4 is 33.6 Å². The van der Waals surface area contributed by atoms with Crippen LogP contribution in [0.15, 0.2) is 22.7 Å². The first-order chi connectivity index (χ1) is 9.99. The third-order valence-electron chi connectivity index (χ3n) is 3.46. The van der Waals surface area contributed by atoms with Crippen LogP contribution in [0.5, 0.6) is 0 Å². The average molecular weight is 352 g/mol. The molecule has 2 unspecified atom stereocenters. The topological polar surface area (TPSA) is 102 Å². The van der Waals surface area contributed by atoms with Crippen molar-refractivity contribution in [3.8, 4) is 6.07 Å². The molecule has 1 fully saturated rings. The third kappa shape index (κ3) is 3.95. The molecule has 3 N–H and O–H groups in total. The number of halogens is 1. The van der Waals surface area contributed by atoms with Crippen LogP contribution in [-0.2, 0) is 4.79 Å². The van der Waals surface area contributed by atoms with Gasteiger partial charge in [0, 0.05) is 10.5 Å². The van der Waals surface area contributed by atoms with Crippen molar-refractivity contribution in [1.29, 1.82) is 5.26 Å². The normalized spacial score (nSPS) is 20.6. The Bertz CT molecular complexity index is 612. The van der Waals surface area contributed by atoms with E-state index in [-0.39, 0.29) is 18.0 Å². The Morgan fingerprint density at radius 2 is 2.14 bits per heavy atom. The first kappa shape index (κ1) is 15.3. The number of benzene rings is 1. The molecule has 1 aliphatic carbocycles. The molecule has 0 saturated heterocycles. The van der Waals surface area contributed by atoms with E-state index < -0.39 is 5.97 Å². The number of amides is 2. The second-order valence-electron chi connectivity index (χ2n) is 4.95. The maximum absolute atomic E-state index is 11.9. The van der Waals surface area contributed by atoms with E-state index >= 15 is 0 Å². The maximum atomic E-state index is 11.9. The summed E-state index contributed by atoms with van der Waals surface area (Å²) < 4.78 is 0.617. The number of carbonyl (C=O) groups excluding carboxylic acids is 1. The van der Waals surface area contributed by atoms with E-state index in [0.717, 1.165) is 0 Å². The van der Waals surface area contributed by atoms with Gasteiger partial charge in [-0.2, -0.15) is 5.26 Å². The largest absolute Gasteiger partial charge is 0.481 e.